The minimum atomic E-state index is -0.535. The normalized spacial score (nSPS) is 8.12. The molecule has 8 heavy (non-hydrogen) atoms. The Morgan fingerprint density at radius 3 is 2.75 bits per heavy atom. The molecule has 0 atom stereocenters. The lowest BCUT2D eigenvalue weighted by atomic mass is 10.4. The van der Waals surface area contributed by atoms with Crippen molar-refractivity contribution in [3.05, 3.63) is 5.76 Å². The van der Waals surface area contributed by atoms with Gasteiger partial charge in [0.1, 0.15) is 0 Å². The molecule has 0 heterocycles. The lowest BCUT2D eigenvalue weighted by Gasteiger charge is -1.88. The van der Waals surface area contributed by atoms with Gasteiger partial charge in [-0.05, 0) is 0 Å². The first-order valence-corrected chi connectivity index (χ1v) is 2.21. The molecule has 0 aromatic heterocycles. The van der Waals surface area contributed by atoms with Gasteiger partial charge in [0, 0.05) is 13.5 Å². The minimum absolute atomic E-state index is 0.139. The molecule has 3 heteroatoms. The predicted octanol–water partition coefficient (Wildman–Crippen LogP) is 0.169. The first-order valence-electron chi connectivity index (χ1n) is 2.21. The van der Waals surface area contributed by atoms with Crippen LogP contribution in [0.2, 0.25) is 0 Å². The van der Waals surface area contributed by atoms with E-state index in [0.717, 1.165) is 0 Å². The molecule has 0 aliphatic heterocycles. The SMILES string of the molecule is COCCC([O])=C=O. The Bertz CT molecular complexity index is 102. The molecule has 0 saturated carbocycles. The van der Waals surface area contributed by atoms with Gasteiger partial charge in [-0.25, -0.2) is 4.79 Å². The van der Waals surface area contributed by atoms with Crippen LogP contribution in [0.5, 0.6) is 0 Å². The van der Waals surface area contributed by atoms with Crippen LogP contribution in [0.15, 0.2) is 5.76 Å². The Morgan fingerprint density at radius 1 is 1.75 bits per heavy atom. The maximum Gasteiger partial charge on any atom is 0.240 e. The summed E-state index contributed by atoms with van der Waals surface area (Å²) in [5.74, 6) is 0.696. The fourth-order valence-electron chi connectivity index (χ4n) is 0.246. The van der Waals surface area contributed by atoms with Gasteiger partial charge in [-0.3, -0.25) is 5.11 Å². The maximum atomic E-state index is 10.1. The van der Waals surface area contributed by atoms with Gasteiger partial charge in [0.05, 0.1) is 6.61 Å². The third-order valence-electron chi connectivity index (χ3n) is 0.647. The van der Waals surface area contributed by atoms with Gasteiger partial charge in [0.25, 0.3) is 0 Å². The fraction of sp³-hybridized carbons (Fsp3) is 0.600. The van der Waals surface area contributed by atoms with Crippen LogP contribution in [0.4, 0.5) is 0 Å². The molecule has 0 aromatic carbocycles. The predicted molar refractivity (Wildman–Crippen MR) is 26.4 cm³/mol. The highest BCUT2D eigenvalue weighted by atomic mass is 16.5. The van der Waals surface area contributed by atoms with Crippen molar-refractivity contribution in [2.75, 3.05) is 13.7 Å². The van der Waals surface area contributed by atoms with Crippen molar-refractivity contribution in [3.63, 3.8) is 0 Å². The van der Waals surface area contributed by atoms with Crippen molar-refractivity contribution in [2.45, 2.75) is 6.42 Å². The summed E-state index contributed by atoms with van der Waals surface area (Å²) in [4.78, 5) is 9.48. The fourth-order valence-corrected chi connectivity index (χ4v) is 0.246. The van der Waals surface area contributed by atoms with Crippen molar-refractivity contribution in [1.29, 1.82) is 0 Å². The van der Waals surface area contributed by atoms with Gasteiger partial charge in [-0.2, -0.15) is 0 Å². The Morgan fingerprint density at radius 2 is 2.38 bits per heavy atom. The highest BCUT2D eigenvalue weighted by Crippen LogP contribution is 1.89. The van der Waals surface area contributed by atoms with Crippen LogP contribution < -0.4 is 0 Å². The van der Waals surface area contributed by atoms with Crippen molar-refractivity contribution in [2.24, 2.45) is 0 Å². The molecule has 0 aromatic rings. The summed E-state index contributed by atoms with van der Waals surface area (Å²) in [6.45, 7) is 0.300. The summed E-state index contributed by atoms with van der Waals surface area (Å²) in [6.07, 6.45) is 0.139. The summed E-state index contributed by atoms with van der Waals surface area (Å²) < 4.78 is 4.51. The number of rotatable bonds is 3. The van der Waals surface area contributed by atoms with Crippen molar-refractivity contribution < 1.29 is 14.6 Å². The molecule has 0 aliphatic rings. The molecule has 0 N–H and O–H groups in total. The van der Waals surface area contributed by atoms with Crippen molar-refractivity contribution >= 4 is 5.94 Å². The standard InChI is InChI=1S/C5H7O3/c1-8-3-2-5(7)4-6/h2-3H2,1H3. The van der Waals surface area contributed by atoms with Crippen LogP contribution in [0, 0.1) is 0 Å². The van der Waals surface area contributed by atoms with E-state index >= 15 is 0 Å². The quantitative estimate of drug-likeness (QED) is 0.388. The molecule has 0 spiro atoms. The largest absolute Gasteiger partial charge is 0.384 e. The van der Waals surface area contributed by atoms with E-state index in [9.17, 15) is 9.90 Å². The van der Waals surface area contributed by atoms with Crippen LogP contribution in [-0.2, 0) is 14.6 Å². The lowest BCUT2D eigenvalue weighted by Crippen LogP contribution is -1.89. The molecule has 0 amide bonds. The average molecular weight is 115 g/mol. The second-order valence-corrected chi connectivity index (χ2v) is 1.27. The Hall–Kier alpha value is -0.790. The molecular weight excluding hydrogens is 108 g/mol. The smallest absolute Gasteiger partial charge is 0.240 e. The van der Waals surface area contributed by atoms with E-state index in [0.29, 0.717) is 6.61 Å². The van der Waals surface area contributed by atoms with Gasteiger partial charge in [0.15, 0.2) is 5.94 Å². The summed E-state index contributed by atoms with van der Waals surface area (Å²) in [5, 5.41) is 10.1. The summed E-state index contributed by atoms with van der Waals surface area (Å²) >= 11 is 0. The monoisotopic (exact) mass is 115 g/mol. The maximum absolute atomic E-state index is 10.1. The average Bonchev–Trinajstić information content (AvgIpc) is 1.83. The second kappa shape index (κ2) is 4.37. The third kappa shape index (κ3) is 3.40. The zero-order valence-electron chi connectivity index (χ0n) is 4.64. The molecule has 0 unspecified atom stereocenters. The van der Waals surface area contributed by atoms with Gasteiger partial charge in [-0.1, -0.05) is 0 Å². The summed E-state index contributed by atoms with van der Waals surface area (Å²) in [7, 11) is 1.47. The molecular formula is C5H7O3. The second-order valence-electron chi connectivity index (χ2n) is 1.27. The van der Waals surface area contributed by atoms with Crippen LogP contribution in [0.1, 0.15) is 6.42 Å². The van der Waals surface area contributed by atoms with Crippen molar-refractivity contribution in [1.82, 2.24) is 0 Å². The number of hydrogen-bond donors (Lipinski definition) is 0. The molecule has 0 saturated heterocycles. The van der Waals surface area contributed by atoms with Gasteiger partial charge < -0.3 is 4.74 Å². The molecule has 0 rings (SSSR count). The zero-order chi connectivity index (χ0) is 6.41. The molecule has 0 bridgehead atoms. The van der Waals surface area contributed by atoms with Gasteiger partial charge in [0.2, 0.25) is 5.76 Å². The third-order valence-corrected chi connectivity index (χ3v) is 0.647. The minimum Gasteiger partial charge on any atom is -0.384 e. The van der Waals surface area contributed by atoms with E-state index in [1.54, 1.807) is 0 Å². The van der Waals surface area contributed by atoms with Crippen LogP contribution in [0.3, 0.4) is 0 Å². The lowest BCUT2D eigenvalue weighted by molar-refractivity contribution is 0.177. The van der Waals surface area contributed by atoms with E-state index in [2.05, 4.69) is 4.74 Å². The van der Waals surface area contributed by atoms with E-state index < -0.39 is 5.76 Å². The highest BCUT2D eigenvalue weighted by Gasteiger charge is 1.93. The molecule has 45 valence electrons. The number of ether oxygens (including phenoxy) is 1. The molecule has 0 aliphatic carbocycles. The van der Waals surface area contributed by atoms with Gasteiger partial charge in [-0.15, -0.1) is 0 Å². The van der Waals surface area contributed by atoms with E-state index in [-0.39, 0.29) is 6.42 Å². The topological polar surface area (TPSA) is 46.2 Å². The first kappa shape index (κ1) is 7.21. The first-order chi connectivity index (χ1) is 3.81. The summed E-state index contributed by atoms with van der Waals surface area (Å²) in [5.41, 5.74) is 0. The zero-order valence-corrected chi connectivity index (χ0v) is 4.64. The summed E-state index contributed by atoms with van der Waals surface area (Å²) in [6, 6.07) is 0. The number of carbonyl (C=O) groups excluding carboxylic acids is 1. The highest BCUT2D eigenvalue weighted by molar-refractivity contribution is 5.48. The molecule has 0 fully saturated rings. The van der Waals surface area contributed by atoms with E-state index in [1.165, 1.54) is 13.1 Å². The number of hydrogen-bond acceptors (Lipinski definition) is 2. The Kier molecular flexibility index (Phi) is 3.94. The molecule has 3 nitrogen and oxygen atoms in total. The molecule has 1 radical (unpaired) electrons. The van der Waals surface area contributed by atoms with Crippen LogP contribution in [-0.4, -0.2) is 19.7 Å². The van der Waals surface area contributed by atoms with E-state index in [4.69, 9.17) is 0 Å². The Labute approximate surface area is 47.6 Å². The number of methoxy groups -OCH3 is 1. The van der Waals surface area contributed by atoms with E-state index in [1.807, 2.05) is 0 Å². The van der Waals surface area contributed by atoms with Crippen LogP contribution >= 0.6 is 0 Å². The van der Waals surface area contributed by atoms with Crippen molar-refractivity contribution in [3.8, 4) is 0 Å². The Balaban J connectivity index is 3.26. The van der Waals surface area contributed by atoms with Crippen LogP contribution in [0.25, 0.3) is 0 Å². The van der Waals surface area contributed by atoms with Gasteiger partial charge >= 0.3 is 0 Å².